The Labute approximate surface area is 115 Å². The summed E-state index contributed by atoms with van der Waals surface area (Å²) in [6.07, 6.45) is -4.32. The van der Waals surface area contributed by atoms with Gasteiger partial charge in [0.25, 0.3) is 0 Å². The van der Waals surface area contributed by atoms with Gasteiger partial charge < -0.3 is 19.9 Å². The van der Waals surface area contributed by atoms with Crippen molar-refractivity contribution in [3.05, 3.63) is 23.8 Å². The molecule has 0 saturated heterocycles. The standard InChI is InChI=1S/C13H18F3NO3/c1-9(17)10-3-4-11(12(7-10)18-2)20-6-5-19-8-13(14,15)16/h3-4,7,9H,5-6,8,17H2,1-2H3/t9-/m0/s1. The molecule has 2 N–H and O–H groups in total. The van der Waals surface area contributed by atoms with E-state index < -0.39 is 12.8 Å². The lowest BCUT2D eigenvalue weighted by Gasteiger charge is -2.14. The third kappa shape index (κ3) is 5.66. The zero-order valence-electron chi connectivity index (χ0n) is 11.4. The number of nitrogens with two attached hydrogens (primary N) is 1. The lowest BCUT2D eigenvalue weighted by atomic mass is 10.1. The minimum atomic E-state index is -4.32. The third-order valence-corrected chi connectivity index (χ3v) is 2.46. The van der Waals surface area contributed by atoms with Crippen LogP contribution < -0.4 is 15.2 Å². The Morgan fingerprint density at radius 3 is 2.45 bits per heavy atom. The molecule has 0 aliphatic heterocycles. The lowest BCUT2D eigenvalue weighted by molar-refractivity contribution is -0.175. The van der Waals surface area contributed by atoms with Crippen LogP contribution in [0, 0.1) is 0 Å². The van der Waals surface area contributed by atoms with Crippen LogP contribution in [0.15, 0.2) is 18.2 Å². The van der Waals surface area contributed by atoms with Crippen molar-refractivity contribution in [1.29, 1.82) is 0 Å². The first-order valence-corrected chi connectivity index (χ1v) is 6.04. The summed E-state index contributed by atoms with van der Waals surface area (Å²) in [5, 5.41) is 0. The first kappa shape index (κ1) is 16.6. The average molecular weight is 293 g/mol. The molecule has 1 rings (SSSR count). The zero-order chi connectivity index (χ0) is 15.2. The predicted molar refractivity (Wildman–Crippen MR) is 68.0 cm³/mol. The van der Waals surface area contributed by atoms with Crippen molar-refractivity contribution in [2.24, 2.45) is 5.73 Å². The summed E-state index contributed by atoms with van der Waals surface area (Å²) in [6, 6.07) is 5.03. The molecular weight excluding hydrogens is 275 g/mol. The topological polar surface area (TPSA) is 53.7 Å². The fraction of sp³-hybridized carbons (Fsp3) is 0.538. The third-order valence-electron chi connectivity index (χ3n) is 2.46. The fourth-order valence-electron chi connectivity index (χ4n) is 1.49. The Kier molecular flexibility index (Phi) is 6.09. The number of hydrogen-bond donors (Lipinski definition) is 1. The Morgan fingerprint density at radius 1 is 1.20 bits per heavy atom. The summed E-state index contributed by atoms with van der Waals surface area (Å²) in [5.41, 5.74) is 6.62. The van der Waals surface area contributed by atoms with Crippen molar-refractivity contribution in [3.8, 4) is 11.5 Å². The quantitative estimate of drug-likeness (QED) is 0.785. The number of rotatable bonds is 7. The zero-order valence-corrected chi connectivity index (χ0v) is 11.4. The number of alkyl halides is 3. The van der Waals surface area contributed by atoms with Crippen LogP contribution in [-0.4, -0.2) is 33.1 Å². The molecule has 4 nitrogen and oxygen atoms in total. The van der Waals surface area contributed by atoms with E-state index in [1.54, 1.807) is 18.2 Å². The molecule has 0 fully saturated rings. The largest absolute Gasteiger partial charge is 0.493 e. The van der Waals surface area contributed by atoms with E-state index in [-0.39, 0.29) is 19.3 Å². The van der Waals surface area contributed by atoms with Gasteiger partial charge in [0.05, 0.1) is 13.7 Å². The van der Waals surface area contributed by atoms with Crippen molar-refractivity contribution < 1.29 is 27.4 Å². The van der Waals surface area contributed by atoms with Crippen LogP contribution in [0.2, 0.25) is 0 Å². The van der Waals surface area contributed by atoms with Crippen molar-refractivity contribution in [2.75, 3.05) is 26.9 Å². The van der Waals surface area contributed by atoms with Gasteiger partial charge in [0.2, 0.25) is 0 Å². The summed E-state index contributed by atoms with van der Waals surface area (Å²) in [4.78, 5) is 0. The highest BCUT2D eigenvalue weighted by Crippen LogP contribution is 2.29. The molecule has 0 saturated carbocycles. The van der Waals surface area contributed by atoms with E-state index >= 15 is 0 Å². The lowest BCUT2D eigenvalue weighted by Crippen LogP contribution is -2.19. The number of halogens is 3. The average Bonchev–Trinajstić information content (AvgIpc) is 2.36. The summed E-state index contributed by atoms with van der Waals surface area (Å²) >= 11 is 0. The maximum atomic E-state index is 11.8. The van der Waals surface area contributed by atoms with E-state index in [1.807, 2.05) is 6.92 Å². The van der Waals surface area contributed by atoms with Gasteiger partial charge in [0.1, 0.15) is 13.2 Å². The molecule has 1 aromatic rings. The van der Waals surface area contributed by atoms with Gasteiger partial charge in [-0.25, -0.2) is 0 Å². The second kappa shape index (κ2) is 7.35. The maximum Gasteiger partial charge on any atom is 0.411 e. The molecule has 0 radical (unpaired) electrons. The second-order valence-electron chi connectivity index (χ2n) is 4.22. The molecule has 20 heavy (non-hydrogen) atoms. The van der Waals surface area contributed by atoms with Crippen molar-refractivity contribution in [3.63, 3.8) is 0 Å². The van der Waals surface area contributed by atoms with Gasteiger partial charge >= 0.3 is 6.18 Å². The molecule has 0 aliphatic rings. The minimum Gasteiger partial charge on any atom is -0.493 e. The van der Waals surface area contributed by atoms with Crippen LogP contribution in [0.4, 0.5) is 13.2 Å². The molecule has 7 heteroatoms. The maximum absolute atomic E-state index is 11.8. The number of benzene rings is 1. The fourth-order valence-corrected chi connectivity index (χ4v) is 1.49. The Balaban J connectivity index is 2.47. The van der Waals surface area contributed by atoms with Crippen molar-refractivity contribution in [1.82, 2.24) is 0 Å². The van der Waals surface area contributed by atoms with Crippen LogP contribution in [0.25, 0.3) is 0 Å². The molecule has 1 atom stereocenters. The van der Waals surface area contributed by atoms with Crippen LogP contribution in [0.1, 0.15) is 18.5 Å². The van der Waals surface area contributed by atoms with Gasteiger partial charge in [-0.1, -0.05) is 6.07 Å². The van der Waals surface area contributed by atoms with E-state index in [2.05, 4.69) is 4.74 Å². The molecule has 0 bridgehead atoms. The molecule has 1 aromatic carbocycles. The van der Waals surface area contributed by atoms with E-state index in [0.717, 1.165) is 5.56 Å². The molecule has 114 valence electrons. The van der Waals surface area contributed by atoms with Crippen LogP contribution in [-0.2, 0) is 4.74 Å². The normalized spacial score (nSPS) is 13.1. The highest BCUT2D eigenvalue weighted by molar-refractivity contribution is 5.43. The number of hydrogen-bond acceptors (Lipinski definition) is 4. The highest BCUT2D eigenvalue weighted by atomic mass is 19.4. The first-order chi connectivity index (χ1) is 9.33. The van der Waals surface area contributed by atoms with Crippen molar-refractivity contribution in [2.45, 2.75) is 19.1 Å². The van der Waals surface area contributed by atoms with Gasteiger partial charge in [0, 0.05) is 6.04 Å². The van der Waals surface area contributed by atoms with E-state index in [0.29, 0.717) is 11.5 Å². The molecule has 0 heterocycles. The molecule has 0 unspecified atom stereocenters. The minimum absolute atomic E-state index is 0.00393. The van der Waals surface area contributed by atoms with Crippen LogP contribution in [0.3, 0.4) is 0 Å². The van der Waals surface area contributed by atoms with Gasteiger partial charge in [-0.05, 0) is 24.6 Å². The number of ether oxygens (including phenoxy) is 3. The molecular formula is C13H18F3NO3. The van der Waals surface area contributed by atoms with Gasteiger partial charge in [-0.15, -0.1) is 0 Å². The SMILES string of the molecule is COc1cc([C@H](C)N)ccc1OCCOCC(F)(F)F. The molecule has 0 amide bonds. The Morgan fingerprint density at radius 2 is 1.90 bits per heavy atom. The van der Waals surface area contributed by atoms with Gasteiger partial charge in [0.15, 0.2) is 11.5 Å². The summed E-state index contributed by atoms with van der Waals surface area (Å²) in [5.74, 6) is 0.920. The van der Waals surface area contributed by atoms with E-state index in [4.69, 9.17) is 15.2 Å². The van der Waals surface area contributed by atoms with Gasteiger partial charge in [-0.3, -0.25) is 0 Å². The highest BCUT2D eigenvalue weighted by Gasteiger charge is 2.27. The smallest absolute Gasteiger partial charge is 0.411 e. The molecule has 0 spiro atoms. The second-order valence-corrected chi connectivity index (χ2v) is 4.22. The Bertz CT molecular complexity index is 422. The number of methoxy groups -OCH3 is 1. The molecule has 0 aromatic heterocycles. The van der Waals surface area contributed by atoms with Crippen LogP contribution >= 0.6 is 0 Å². The predicted octanol–water partition coefficient (Wildman–Crippen LogP) is 2.67. The van der Waals surface area contributed by atoms with Crippen molar-refractivity contribution >= 4 is 0 Å². The van der Waals surface area contributed by atoms with E-state index in [1.165, 1.54) is 7.11 Å². The summed E-state index contributed by atoms with van der Waals surface area (Å²) < 4.78 is 50.5. The summed E-state index contributed by atoms with van der Waals surface area (Å²) in [7, 11) is 1.48. The molecule has 0 aliphatic carbocycles. The first-order valence-electron chi connectivity index (χ1n) is 6.04. The van der Waals surface area contributed by atoms with E-state index in [9.17, 15) is 13.2 Å². The van der Waals surface area contributed by atoms with Crippen LogP contribution in [0.5, 0.6) is 11.5 Å². The van der Waals surface area contributed by atoms with Gasteiger partial charge in [-0.2, -0.15) is 13.2 Å². The summed E-state index contributed by atoms with van der Waals surface area (Å²) in [6.45, 7) is 0.402. The Hall–Kier alpha value is -1.47. The monoisotopic (exact) mass is 293 g/mol.